The Bertz CT molecular complexity index is 200. The summed E-state index contributed by atoms with van der Waals surface area (Å²) in [4.78, 5) is 10.4. The molecule has 0 N–H and O–H groups in total. The SMILES string of the molecule is CCC[C@H](C)C[C@@H](C)C[C@H](C)C[C@@H](C)CCC=O. The lowest BCUT2D eigenvalue weighted by Gasteiger charge is -2.22. The molecule has 0 aromatic heterocycles. The summed E-state index contributed by atoms with van der Waals surface area (Å²) in [6.45, 7) is 11.7. The van der Waals surface area contributed by atoms with Gasteiger partial charge in [-0.2, -0.15) is 0 Å². The molecule has 0 fully saturated rings. The monoisotopic (exact) mass is 254 g/mol. The average molecular weight is 254 g/mol. The molecule has 0 aliphatic rings. The molecule has 0 unspecified atom stereocenters. The van der Waals surface area contributed by atoms with E-state index in [2.05, 4.69) is 34.6 Å². The van der Waals surface area contributed by atoms with Crippen LogP contribution in [0.5, 0.6) is 0 Å². The summed E-state index contributed by atoms with van der Waals surface area (Å²) in [5.41, 5.74) is 0. The molecule has 0 saturated heterocycles. The van der Waals surface area contributed by atoms with Crippen molar-refractivity contribution in [3.8, 4) is 0 Å². The van der Waals surface area contributed by atoms with E-state index in [0.29, 0.717) is 5.92 Å². The van der Waals surface area contributed by atoms with Crippen LogP contribution in [0.4, 0.5) is 0 Å². The highest BCUT2D eigenvalue weighted by Crippen LogP contribution is 2.26. The van der Waals surface area contributed by atoms with Gasteiger partial charge in [0.05, 0.1) is 0 Å². The van der Waals surface area contributed by atoms with Crippen molar-refractivity contribution in [1.29, 1.82) is 0 Å². The van der Waals surface area contributed by atoms with E-state index < -0.39 is 0 Å². The Morgan fingerprint density at radius 2 is 1.22 bits per heavy atom. The minimum absolute atomic E-state index is 0.700. The topological polar surface area (TPSA) is 17.1 Å². The van der Waals surface area contributed by atoms with Crippen LogP contribution in [-0.2, 0) is 4.79 Å². The van der Waals surface area contributed by atoms with Gasteiger partial charge in [-0.25, -0.2) is 0 Å². The maximum Gasteiger partial charge on any atom is 0.120 e. The molecule has 0 aromatic rings. The van der Waals surface area contributed by atoms with E-state index in [1.54, 1.807) is 0 Å². The standard InChI is InChI=1S/C17H34O/c1-6-8-14(2)11-16(4)13-17(5)12-15(3)9-7-10-18/h10,14-17H,6-9,11-13H2,1-5H3/t14-,15-,16+,17+/m0/s1. The second-order valence-electron chi connectivity index (χ2n) is 6.66. The van der Waals surface area contributed by atoms with Crippen LogP contribution < -0.4 is 0 Å². The van der Waals surface area contributed by atoms with E-state index in [4.69, 9.17) is 0 Å². The van der Waals surface area contributed by atoms with Crippen molar-refractivity contribution >= 4 is 6.29 Å². The second kappa shape index (κ2) is 10.6. The molecule has 18 heavy (non-hydrogen) atoms. The van der Waals surface area contributed by atoms with E-state index in [0.717, 1.165) is 36.9 Å². The third-order valence-corrected chi connectivity index (χ3v) is 3.97. The normalized spacial score (nSPS) is 18.1. The summed E-state index contributed by atoms with van der Waals surface area (Å²) in [5.74, 6) is 3.23. The molecule has 0 heterocycles. The predicted molar refractivity (Wildman–Crippen MR) is 80.7 cm³/mol. The highest BCUT2D eigenvalue weighted by molar-refractivity contribution is 5.49. The zero-order valence-electron chi connectivity index (χ0n) is 13.2. The fraction of sp³-hybridized carbons (Fsp3) is 0.941. The molecule has 0 saturated carbocycles. The fourth-order valence-electron chi connectivity index (χ4n) is 3.33. The molecule has 1 nitrogen and oxygen atoms in total. The summed E-state index contributed by atoms with van der Waals surface area (Å²) < 4.78 is 0. The minimum atomic E-state index is 0.700. The van der Waals surface area contributed by atoms with Gasteiger partial charge < -0.3 is 4.79 Å². The van der Waals surface area contributed by atoms with Crippen molar-refractivity contribution in [1.82, 2.24) is 0 Å². The van der Waals surface area contributed by atoms with E-state index in [-0.39, 0.29) is 0 Å². The van der Waals surface area contributed by atoms with Crippen LogP contribution in [-0.4, -0.2) is 6.29 Å². The Morgan fingerprint density at radius 1 is 0.778 bits per heavy atom. The number of carbonyl (C=O) groups excluding carboxylic acids is 1. The molecule has 4 atom stereocenters. The van der Waals surface area contributed by atoms with Gasteiger partial charge in [-0.05, 0) is 49.4 Å². The minimum Gasteiger partial charge on any atom is -0.303 e. The third kappa shape index (κ3) is 9.67. The molecule has 0 bridgehead atoms. The van der Waals surface area contributed by atoms with E-state index in [1.165, 1.54) is 32.1 Å². The first-order valence-corrected chi connectivity index (χ1v) is 7.93. The van der Waals surface area contributed by atoms with Crippen molar-refractivity contribution in [2.45, 2.75) is 79.6 Å². The first kappa shape index (κ1) is 17.7. The van der Waals surface area contributed by atoms with Crippen LogP contribution >= 0.6 is 0 Å². The Balaban J connectivity index is 3.78. The van der Waals surface area contributed by atoms with Crippen LogP contribution in [0.25, 0.3) is 0 Å². The van der Waals surface area contributed by atoms with Gasteiger partial charge in [-0.1, -0.05) is 47.5 Å². The summed E-state index contributed by atoms with van der Waals surface area (Å²) >= 11 is 0. The lowest BCUT2D eigenvalue weighted by atomic mass is 9.84. The van der Waals surface area contributed by atoms with E-state index >= 15 is 0 Å². The van der Waals surface area contributed by atoms with Gasteiger partial charge in [0.2, 0.25) is 0 Å². The first-order valence-electron chi connectivity index (χ1n) is 7.93. The second-order valence-corrected chi connectivity index (χ2v) is 6.66. The zero-order valence-corrected chi connectivity index (χ0v) is 13.2. The van der Waals surface area contributed by atoms with Crippen LogP contribution in [0.3, 0.4) is 0 Å². The lowest BCUT2D eigenvalue weighted by Crippen LogP contribution is -2.10. The molecule has 0 aliphatic carbocycles. The van der Waals surface area contributed by atoms with Gasteiger partial charge in [0.25, 0.3) is 0 Å². The van der Waals surface area contributed by atoms with E-state index in [1.807, 2.05) is 0 Å². The van der Waals surface area contributed by atoms with Crippen LogP contribution in [0.1, 0.15) is 79.6 Å². The molecular weight excluding hydrogens is 220 g/mol. The number of hydrogen-bond donors (Lipinski definition) is 0. The number of aldehydes is 1. The van der Waals surface area contributed by atoms with Gasteiger partial charge >= 0.3 is 0 Å². The maximum atomic E-state index is 10.4. The Morgan fingerprint density at radius 3 is 1.67 bits per heavy atom. The van der Waals surface area contributed by atoms with Crippen molar-refractivity contribution in [2.24, 2.45) is 23.7 Å². The van der Waals surface area contributed by atoms with Crippen molar-refractivity contribution in [3.05, 3.63) is 0 Å². The highest BCUT2D eigenvalue weighted by atomic mass is 16.1. The number of hydrogen-bond acceptors (Lipinski definition) is 1. The van der Waals surface area contributed by atoms with Gasteiger partial charge in [0, 0.05) is 6.42 Å². The van der Waals surface area contributed by atoms with Crippen molar-refractivity contribution in [3.63, 3.8) is 0 Å². The molecular formula is C17H34O. The molecule has 0 aliphatic heterocycles. The molecule has 0 aromatic carbocycles. The van der Waals surface area contributed by atoms with Gasteiger partial charge in [0.1, 0.15) is 6.29 Å². The van der Waals surface area contributed by atoms with Crippen LogP contribution in [0.15, 0.2) is 0 Å². The van der Waals surface area contributed by atoms with Crippen LogP contribution in [0, 0.1) is 23.7 Å². The summed E-state index contributed by atoms with van der Waals surface area (Å²) in [7, 11) is 0. The van der Waals surface area contributed by atoms with Crippen LogP contribution in [0.2, 0.25) is 0 Å². The van der Waals surface area contributed by atoms with Crippen molar-refractivity contribution in [2.75, 3.05) is 0 Å². The van der Waals surface area contributed by atoms with Gasteiger partial charge in [0.15, 0.2) is 0 Å². The largest absolute Gasteiger partial charge is 0.303 e. The first-order chi connectivity index (χ1) is 8.49. The Kier molecular flexibility index (Phi) is 10.4. The quantitative estimate of drug-likeness (QED) is 0.446. The average Bonchev–Trinajstić information content (AvgIpc) is 2.25. The number of rotatable bonds is 11. The molecule has 0 radical (unpaired) electrons. The third-order valence-electron chi connectivity index (χ3n) is 3.97. The maximum absolute atomic E-state index is 10.4. The smallest absolute Gasteiger partial charge is 0.120 e. The summed E-state index contributed by atoms with van der Waals surface area (Å²) in [6.07, 6.45) is 9.53. The molecule has 0 spiro atoms. The zero-order chi connectivity index (χ0) is 14.0. The Labute approximate surface area is 115 Å². The molecule has 0 rings (SSSR count). The van der Waals surface area contributed by atoms with Gasteiger partial charge in [-0.15, -0.1) is 0 Å². The summed E-state index contributed by atoms with van der Waals surface area (Å²) in [6, 6.07) is 0. The van der Waals surface area contributed by atoms with Crippen molar-refractivity contribution < 1.29 is 4.79 Å². The summed E-state index contributed by atoms with van der Waals surface area (Å²) in [5, 5.41) is 0. The predicted octanol–water partition coefficient (Wildman–Crippen LogP) is 5.48. The molecule has 108 valence electrons. The van der Waals surface area contributed by atoms with E-state index in [9.17, 15) is 4.79 Å². The van der Waals surface area contributed by atoms with Gasteiger partial charge in [-0.3, -0.25) is 0 Å². The fourth-order valence-corrected chi connectivity index (χ4v) is 3.33. The highest BCUT2D eigenvalue weighted by Gasteiger charge is 2.14. The Hall–Kier alpha value is -0.330. The molecule has 1 heteroatoms. The molecule has 0 amide bonds. The number of carbonyl (C=O) groups is 1. The lowest BCUT2D eigenvalue weighted by molar-refractivity contribution is -0.108.